The second-order valence-electron chi connectivity index (χ2n) is 6.87. The molecule has 1 fully saturated rings. The Morgan fingerprint density at radius 2 is 1.90 bits per heavy atom. The smallest absolute Gasteiger partial charge is 0.256 e. The molecule has 0 radical (unpaired) electrons. The highest BCUT2D eigenvalue weighted by Crippen LogP contribution is 2.31. The van der Waals surface area contributed by atoms with Crippen LogP contribution >= 0.6 is 23.1 Å². The SMILES string of the molecule is CSc1ncccc1C(=O)N1CCN(Cc2ccc(-c3ccccc3F)s2)CC1. The molecule has 0 unspecified atom stereocenters. The summed E-state index contributed by atoms with van der Waals surface area (Å²) < 4.78 is 14.0. The summed E-state index contributed by atoms with van der Waals surface area (Å²) in [5.41, 5.74) is 1.33. The van der Waals surface area contributed by atoms with Crippen LogP contribution in [0.3, 0.4) is 0 Å². The largest absolute Gasteiger partial charge is 0.336 e. The zero-order chi connectivity index (χ0) is 20.2. The van der Waals surface area contributed by atoms with Gasteiger partial charge in [-0.15, -0.1) is 23.1 Å². The highest BCUT2D eigenvalue weighted by molar-refractivity contribution is 7.98. The van der Waals surface area contributed by atoms with E-state index in [0.717, 1.165) is 29.5 Å². The third-order valence-electron chi connectivity index (χ3n) is 5.03. The van der Waals surface area contributed by atoms with Crippen molar-refractivity contribution in [3.63, 3.8) is 0 Å². The van der Waals surface area contributed by atoms with Gasteiger partial charge in [-0.05, 0) is 36.6 Å². The number of carbonyl (C=O) groups is 1. The Hall–Kier alpha value is -2.22. The van der Waals surface area contributed by atoms with Crippen LogP contribution in [0, 0.1) is 5.82 Å². The molecule has 1 amide bonds. The van der Waals surface area contributed by atoms with Gasteiger partial charge < -0.3 is 4.90 Å². The molecule has 150 valence electrons. The van der Waals surface area contributed by atoms with E-state index in [4.69, 9.17) is 0 Å². The Labute approximate surface area is 178 Å². The van der Waals surface area contributed by atoms with Gasteiger partial charge in [0.15, 0.2) is 0 Å². The molecule has 4 nitrogen and oxygen atoms in total. The van der Waals surface area contributed by atoms with Gasteiger partial charge in [0.2, 0.25) is 0 Å². The van der Waals surface area contributed by atoms with Crippen LogP contribution < -0.4 is 0 Å². The quantitative estimate of drug-likeness (QED) is 0.557. The van der Waals surface area contributed by atoms with Crippen LogP contribution in [0.5, 0.6) is 0 Å². The fourth-order valence-electron chi connectivity index (χ4n) is 3.48. The van der Waals surface area contributed by atoms with Crippen molar-refractivity contribution in [3.8, 4) is 10.4 Å². The standard InChI is InChI=1S/C22H22FN3OS2/c1-28-21-18(6-4-10-24-21)22(27)26-13-11-25(12-14-26)15-16-8-9-20(29-16)17-5-2-3-7-19(17)23/h2-10H,11-15H2,1H3. The third kappa shape index (κ3) is 4.52. The second-order valence-corrected chi connectivity index (χ2v) is 8.84. The summed E-state index contributed by atoms with van der Waals surface area (Å²) in [5, 5.41) is 0.777. The molecule has 7 heteroatoms. The highest BCUT2D eigenvalue weighted by atomic mass is 32.2. The van der Waals surface area contributed by atoms with Crippen molar-refractivity contribution in [1.29, 1.82) is 0 Å². The number of hydrogen-bond donors (Lipinski definition) is 0. The Kier molecular flexibility index (Phi) is 6.28. The molecule has 0 atom stereocenters. The monoisotopic (exact) mass is 427 g/mol. The van der Waals surface area contributed by atoms with Gasteiger partial charge in [0.05, 0.1) is 5.56 Å². The molecule has 0 spiro atoms. The molecule has 0 saturated carbocycles. The third-order valence-corrected chi connectivity index (χ3v) is 6.85. The summed E-state index contributed by atoms with van der Waals surface area (Å²) in [6.45, 7) is 3.88. The van der Waals surface area contributed by atoms with Gasteiger partial charge in [-0.3, -0.25) is 9.69 Å². The Bertz CT molecular complexity index is 999. The molecule has 4 rings (SSSR count). The number of piperazine rings is 1. The van der Waals surface area contributed by atoms with Gasteiger partial charge in [-0.2, -0.15) is 0 Å². The molecule has 1 aliphatic rings. The molecule has 0 N–H and O–H groups in total. The number of benzene rings is 1. The van der Waals surface area contributed by atoms with E-state index in [2.05, 4.69) is 16.0 Å². The minimum Gasteiger partial charge on any atom is -0.336 e. The molecule has 0 aliphatic carbocycles. The number of rotatable bonds is 5. The van der Waals surface area contributed by atoms with E-state index in [1.807, 2.05) is 41.5 Å². The number of hydrogen-bond acceptors (Lipinski definition) is 5. The van der Waals surface area contributed by atoms with Crippen molar-refractivity contribution in [2.75, 3.05) is 32.4 Å². The average molecular weight is 428 g/mol. The van der Waals surface area contributed by atoms with E-state index in [1.54, 1.807) is 23.6 Å². The molecule has 2 aromatic heterocycles. The molecule has 29 heavy (non-hydrogen) atoms. The average Bonchev–Trinajstić information content (AvgIpc) is 3.22. The lowest BCUT2D eigenvalue weighted by Gasteiger charge is -2.34. The van der Waals surface area contributed by atoms with Gasteiger partial charge >= 0.3 is 0 Å². The van der Waals surface area contributed by atoms with E-state index in [9.17, 15) is 9.18 Å². The molecule has 3 heterocycles. The maximum Gasteiger partial charge on any atom is 0.256 e. The van der Waals surface area contributed by atoms with E-state index in [-0.39, 0.29) is 11.7 Å². The summed E-state index contributed by atoms with van der Waals surface area (Å²) in [6, 6.07) is 14.6. The molecular weight excluding hydrogens is 405 g/mol. The Morgan fingerprint density at radius 1 is 1.10 bits per heavy atom. The number of pyridine rings is 1. The fraction of sp³-hybridized carbons (Fsp3) is 0.273. The predicted octanol–water partition coefficient (Wildman–Crippen LogP) is 4.63. The number of amides is 1. The lowest BCUT2D eigenvalue weighted by Crippen LogP contribution is -2.48. The Balaban J connectivity index is 1.36. The minimum atomic E-state index is -0.187. The van der Waals surface area contributed by atoms with E-state index in [1.165, 1.54) is 22.7 Å². The fourth-order valence-corrected chi connectivity index (χ4v) is 5.10. The summed E-state index contributed by atoms with van der Waals surface area (Å²) in [5.74, 6) is -0.131. The number of aromatic nitrogens is 1. The first-order chi connectivity index (χ1) is 14.2. The van der Waals surface area contributed by atoms with Crippen molar-refractivity contribution in [2.45, 2.75) is 11.6 Å². The molecule has 1 aliphatic heterocycles. The summed E-state index contributed by atoms with van der Waals surface area (Å²) in [6.07, 6.45) is 3.66. The van der Waals surface area contributed by atoms with Gasteiger partial charge in [0.1, 0.15) is 10.8 Å². The van der Waals surface area contributed by atoms with Gasteiger partial charge in [0.25, 0.3) is 5.91 Å². The van der Waals surface area contributed by atoms with Crippen LogP contribution in [0.4, 0.5) is 4.39 Å². The molecule has 3 aromatic rings. The topological polar surface area (TPSA) is 36.4 Å². The normalized spacial score (nSPS) is 14.9. The molecular formula is C22H22FN3OS2. The van der Waals surface area contributed by atoms with Crippen molar-refractivity contribution in [2.24, 2.45) is 0 Å². The van der Waals surface area contributed by atoms with Crippen LogP contribution in [0.1, 0.15) is 15.2 Å². The summed E-state index contributed by atoms with van der Waals surface area (Å²) >= 11 is 3.13. The van der Waals surface area contributed by atoms with Crippen LogP contribution in [-0.4, -0.2) is 53.1 Å². The first-order valence-electron chi connectivity index (χ1n) is 9.50. The molecule has 1 aromatic carbocycles. The van der Waals surface area contributed by atoms with E-state index >= 15 is 0 Å². The van der Waals surface area contributed by atoms with Crippen LogP contribution in [-0.2, 0) is 6.54 Å². The van der Waals surface area contributed by atoms with E-state index < -0.39 is 0 Å². The lowest BCUT2D eigenvalue weighted by molar-refractivity contribution is 0.0625. The Morgan fingerprint density at radius 3 is 2.66 bits per heavy atom. The highest BCUT2D eigenvalue weighted by Gasteiger charge is 2.24. The van der Waals surface area contributed by atoms with Crippen LogP contribution in [0.15, 0.2) is 59.8 Å². The van der Waals surface area contributed by atoms with Crippen LogP contribution in [0.25, 0.3) is 10.4 Å². The van der Waals surface area contributed by atoms with Crippen molar-refractivity contribution >= 4 is 29.0 Å². The first-order valence-corrected chi connectivity index (χ1v) is 11.5. The van der Waals surface area contributed by atoms with Gasteiger partial charge in [0, 0.05) is 54.2 Å². The summed E-state index contributed by atoms with van der Waals surface area (Å²) in [4.78, 5) is 23.6. The van der Waals surface area contributed by atoms with Crippen molar-refractivity contribution < 1.29 is 9.18 Å². The maximum absolute atomic E-state index is 14.0. The number of nitrogens with zero attached hydrogens (tertiary/aromatic N) is 3. The predicted molar refractivity (Wildman–Crippen MR) is 117 cm³/mol. The number of halogens is 1. The van der Waals surface area contributed by atoms with Gasteiger partial charge in [-0.25, -0.2) is 9.37 Å². The van der Waals surface area contributed by atoms with Gasteiger partial charge in [-0.1, -0.05) is 18.2 Å². The van der Waals surface area contributed by atoms with E-state index in [0.29, 0.717) is 24.2 Å². The summed E-state index contributed by atoms with van der Waals surface area (Å²) in [7, 11) is 0. The first kappa shape index (κ1) is 20.1. The number of thiophene rings is 1. The second kappa shape index (κ2) is 9.07. The lowest BCUT2D eigenvalue weighted by atomic mass is 10.2. The van der Waals surface area contributed by atoms with Crippen molar-refractivity contribution in [3.05, 3.63) is 71.0 Å². The number of carbonyl (C=O) groups excluding carboxylic acids is 1. The molecule has 1 saturated heterocycles. The van der Waals surface area contributed by atoms with Crippen LogP contribution in [0.2, 0.25) is 0 Å². The number of thioether (sulfide) groups is 1. The maximum atomic E-state index is 14.0. The molecule has 0 bridgehead atoms. The zero-order valence-electron chi connectivity index (χ0n) is 16.2. The zero-order valence-corrected chi connectivity index (χ0v) is 17.8. The van der Waals surface area contributed by atoms with Crippen molar-refractivity contribution in [1.82, 2.24) is 14.8 Å². The minimum absolute atomic E-state index is 0.0556.